The number of ether oxygens (including phenoxy) is 2. The number of esters is 1. The molecule has 0 aliphatic heterocycles. The summed E-state index contributed by atoms with van der Waals surface area (Å²) in [5.74, 6) is 0.0193. The van der Waals surface area contributed by atoms with E-state index in [1.165, 1.54) is 29.6 Å². The van der Waals surface area contributed by atoms with Gasteiger partial charge < -0.3 is 19.1 Å². The van der Waals surface area contributed by atoms with Gasteiger partial charge in [-0.25, -0.2) is 14.6 Å². The van der Waals surface area contributed by atoms with E-state index >= 15 is 0 Å². The van der Waals surface area contributed by atoms with E-state index in [9.17, 15) is 19.5 Å². The van der Waals surface area contributed by atoms with E-state index in [1.807, 2.05) is 30.3 Å². The molecule has 4 aromatic rings. The third kappa shape index (κ3) is 4.76. The van der Waals surface area contributed by atoms with Crippen LogP contribution in [0.5, 0.6) is 5.75 Å². The molecule has 0 saturated heterocycles. The first-order chi connectivity index (χ1) is 16.3. The molecular formula is C24H24N4O6. The number of rotatable bonds is 8. The minimum absolute atomic E-state index is 0.0382. The molecule has 1 atom stereocenters. The van der Waals surface area contributed by atoms with Crippen LogP contribution in [0, 0.1) is 0 Å². The van der Waals surface area contributed by atoms with Crippen molar-refractivity contribution in [1.29, 1.82) is 0 Å². The zero-order valence-electron chi connectivity index (χ0n) is 18.7. The van der Waals surface area contributed by atoms with Crippen LogP contribution >= 0.6 is 0 Å². The van der Waals surface area contributed by atoms with Crippen LogP contribution in [-0.2, 0) is 32.0 Å². The maximum atomic E-state index is 12.5. The van der Waals surface area contributed by atoms with Gasteiger partial charge in [-0.3, -0.25) is 13.9 Å². The number of carbonyl (C=O) groups is 1. The van der Waals surface area contributed by atoms with Crippen LogP contribution in [0.2, 0.25) is 0 Å². The Morgan fingerprint density at radius 1 is 1.03 bits per heavy atom. The number of aliphatic hydroxyl groups is 1. The number of benzene rings is 2. The van der Waals surface area contributed by atoms with Crippen molar-refractivity contribution >= 4 is 17.1 Å². The van der Waals surface area contributed by atoms with E-state index in [1.54, 1.807) is 24.3 Å². The summed E-state index contributed by atoms with van der Waals surface area (Å²) in [7, 11) is 2.88. The van der Waals surface area contributed by atoms with E-state index in [4.69, 9.17) is 9.47 Å². The molecule has 0 aliphatic rings. The van der Waals surface area contributed by atoms with Crippen molar-refractivity contribution in [3.05, 3.63) is 92.9 Å². The second-order valence-electron chi connectivity index (χ2n) is 7.83. The summed E-state index contributed by atoms with van der Waals surface area (Å²) >= 11 is 0. The Labute approximate surface area is 194 Å². The van der Waals surface area contributed by atoms with Gasteiger partial charge in [-0.05, 0) is 29.8 Å². The van der Waals surface area contributed by atoms with Gasteiger partial charge in [-0.2, -0.15) is 0 Å². The number of imidazole rings is 1. The fourth-order valence-corrected chi connectivity index (χ4v) is 3.50. The zero-order chi connectivity index (χ0) is 24.2. The van der Waals surface area contributed by atoms with Crippen LogP contribution in [0.4, 0.5) is 0 Å². The summed E-state index contributed by atoms with van der Waals surface area (Å²) in [6.07, 6.45) is 0.279. The third-order valence-corrected chi connectivity index (χ3v) is 5.37. The Morgan fingerprint density at radius 2 is 1.74 bits per heavy atom. The molecule has 1 N–H and O–H groups in total. The molecule has 4 rings (SSSR count). The molecule has 0 amide bonds. The van der Waals surface area contributed by atoms with Crippen molar-refractivity contribution in [3.8, 4) is 5.75 Å². The molecule has 0 spiro atoms. The Kier molecular flexibility index (Phi) is 6.60. The number of hydrogen-bond acceptors (Lipinski definition) is 7. The first kappa shape index (κ1) is 23.0. The van der Waals surface area contributed by atoms with Crippen molar-refractivity contribution in [2.45, 2.75) is 19.3 Å². The van der Waals surface area contributed by atoms with Gasteiger partial charge in [0.2, 0.25) is 0 Å². The van der Waals surface area contributed by atoms with Crippen molar-refractivity contribution < 1.29 is 19.4 Å². The molecule has 10 nitrogen and oxygen atoms in total. The molecular weight excluding hydrogens is 440 g/mol. The molecule has 2 heterocycles. The van der Waals surface area contributed by atoms with Gasteiger partial charge in [-0.1, -0.05) is 30.3 Å². The van der Waals surface area contributed by atoms with E-state index < -0.39 is 23.3 Å². The maximum Gasteiger partial charge on any atom is 0.338 e. The van der Waals surface area contributed by atoms with Gasteiger partial charge in [0.25, 0.3) is 5.56 Å². The van der Waals surface area contributed by atoms with Crippen molar-refractivity contribution in [1.82, 2.24) is 18.7 Å². The third-order valence-electron chi connectivity index (χ3n) is 5.37. The molecule has 176 valence electrons. The molecule has 2 aromatic heterocycles. The number of fused-ring (bicyclic) bond motifs is 1. The predicted molar refractivity (Wildman–Crippen MR) is 124 cm³/mol. The van der Waals surface area contributed by atoms with Gasteiger partial charge in [0, 0.05) is 14.1 Å². The lowest BCUT2D eigenvalue weighted by Crippen LogP contribution is -2.38. The van der Waals surface area contributed by atoms with E-state index in [0.717, 1.165) is 10.1 Å². The lowest BCUT2D eigenvalue weighted by atomic mass is 10.2. The summed E-state index contributed by atoms with van der Waals surface area (Å²) in [4.78, 5) is 41.0. The average Bonchev–Trinajstić information content (AvgIpc) is 3.28. The average molecular weight is 464 g/mol. The SMILES string of the molecule is Cn1c(=O)c2c(ncn2CC(O)COC(=O)c2ccc(OCc3ccccc3)cc2)n(C)c1=O. The number of aryl methyl sites for hydroxylation is 1. The first-order valence-electron chi connectivity index (χ1n) is 10.6. The van der Waals surface area contributed by atoms with Crippen molar-refractivity contribution in [3.63, 3.8) is 0 Å². The summed E-state index contributed by atoms with van der Waals surface area (Å²) in [6.45, 7) is 0.0946. The Bertz CT molecular complexity index is 1420. The second kappa shape index (κ2) is 9.75. The number of carbonyl (C=O) groups excluding carboxylic acids is 1. The summed E-state index contributed by atoms with van der Waals surface area (Å²) < 4.78 is 14.6. The Balaban J connectivity index is 1.34. The number of nitrogens with zero attached hydrogens (tertiary/aromatic N) is 4. The van der Waals surface area contributed by atoms with Crippen molar-refractivity contribution in [2.24, 2.45) is 14.1 Å². The molecule has 10 heteroatoms. The molecule has 0 fully saturated rings. The van der Waals surface area contributed by atoms with E-state index in [0.29, 0.717) is 17.9 Å². The summed E-state index contributed by atoms with van der Waals surface area (Å²) in [5.41, 5.74) is 0.734. The van der Waals surface area contributed by atoms with Gasteiger partial charge in [0.15, 0.2) is 11.2 Å². The molecule has 2 aromatic carbocycles. The predicted octanol–water partition coefficient (Wildman–Crippen LogP) is 1.23. The molecule has 1 unspecified atom stereocenters. The van der Waals surface area contributed by atoms with E-state index in [2.05, 4.69) is 4.98 Å². The lowest BCUT2D eigenvalue weighted by Gasteiger charge is -2.13. The molecule has 0 radical (unpaired) electrons. The first-order valence-corrected chi connectivity index (χ1v) is 10.6. The van der Waals surface area contributed by atoms with Gasteiger partial charge in [0.05, 0.1) is 18.4 Å². The van der Waals surface area contributed by atoms with Gasteiger partial charge in [0.1, 0.15) is 25.1 Å². The fraction of sp³-hybridized carbons (Fsp3) is 0.250. The molecule has 0 aliphatic carbocycles. The van der Waals surface area contributed by atoms with Crippen molar-refractivity contribution in [2.75, 3.05) is 6.61 Å². The van der Waals surface area contributed by atoms with Crippen LogP contribution in [0.3, 0.4) is 0 Å². The number of aromatic nitrogens is 4. The Morgan fingerprint density at radius 3 is 2.44 bits per heavy atom. The summed E-state index contributed by atoms with van der Waals surface area (Å²) in [6, 6.07) is 16.2. The smallest absolute Gasteiger partial charge is 0.338 e. The van der Waals surface area contributed by atoms with Gasteiger partial charge >= 0.3 is 11.7 Å². The highest BCUT2D eigenvalue weighted by atomic mass is 16.5. The lowest BCUT2D eigenvalue weighted by molar-refractivity contribution is 0.0220. The monoisotopic (exact) mass is 464 g/mol. The number of aliphatic hydroxyl groups excluding tert-OH is 1. The minimum Gasteiger partial charge on any atom is -0.489 e. The standard InChI is InChI=1S/C24H24N4O6/c1-26-21-20(22(30)27(2)24(26)32)28(15-25-21)12-18(29)14-34-23(31)17-8-10-19(11-9-17)33-13-16-6-4-3-5-7-16/h3-11,15,18,29H,12-14H2,1-2H3. The largest absolute Gasteiger partial charge is 0.489 e. The highest BCUT2D eigenvalue weighted by Gasteiger charge is 2.17. The topological polar surface area (TPSA) is 118 Å². The van der Waals surface area contributed by atoms with Crippen LogP contribution in [-0.4, -0.2) is 42.5 Å². The molecule has 34 heavy (non-hydrogen) atoms. The van der Waals surface area contributed by atoms with Crippen LogP contribution in [0.1, 0.15) is 15.9 Å². The van der Waals surface area contributed by atoms with E-state index in [-0.39, 0.29) is 24.3 Å². The van der Waals surface area contributed by atoms with Gasteiger partial charge in [-0.15, -0.1) is 0 Å². The van der Waals surface area contributed by atoms with Crippen LogP contribution in [0.25, 0.3) is 11.2 Å². The molecule has 0 bridgehead atoms. The number of hydrogen-bond donors (Lipinski definition) is 1. The fourth-order valence-electron chi connectivity index (χ4n) is 3.50. The quantitative estimate of drug-likeness (QED) is 0.390. The maximum absolute atomic E-state index is 12.5. The molecule has 0 saturated carbocycles. The second-order valence-corrected chi connectivity index (χ2v) is 7.83. The zero-order valence-corrected chi connectivity index (χ0v) is 18.7. The minimum atomic E-state index is -1.09. The highest BCUT2D eigenvalue weighted by molar-refractivity contribution is 5.89. The Hall–Kier alpha value is -4.18. The normalized spacial score (nSPS) is 12.0. The van der Waals surface area contributed by atoms with Crippen LogP contribution < -0.4 is 16.0 Å². The van der Waals surface area contributed by atoms with Crippen LogP contribution in [0.15, 0.2) is 70.5 Å². The summed E-state index contributed by atoms with van der Waals surface area (Å²) in [5, 5.41) is 10.4. The highest BCUT2D eigenvalue weighted by Crippen LogP contribution is 2.15.